The third kappa shape index (κ3) is 3.08. The lowest BCUT2D eigenvalue weighted by atomic mass is 9.95. The summed E-state index contributed by atoms with van der Waals surface area (Å²) in [6.07, 6.45) is 5.65. The van der Waals surface area contributed by atoms with Gasteiger partial charge in [0.15, 0.2) is 0 Å². The van der Waals surface area contributed by atoms with Crippen LogP contribution in [0, 0.1) is 24.5 Å². The molecule has 1 aromatic carbocycles. The first kappa shape index (κ1) is 13.5. The number of benzene rings is 1. The van der Waals surface area contributed by atoms with Gasteiger partial charge >= 0.3 is 0 Å². The second-order valence-electron chi connectivity index (χ2n) is 5.37. The number of halogens is 2. The zero-order valence-corrected chi connectivity index (χ0v) is 10.8. The fraction of sp³-hybridized carbons (Fsp3) is 0.600. The Balaban J connectivity index is 1.99. The molecule has 1 unspecified atom stereocenters. The Labute approximate surface area is 107 Å². The summed E-state index contributed by atoms with van der Waals surface area (Å²) in [5.74, 6) is -0.527. The zero-order valence-electron chi connectivity index (χ0n) is 10.8. The lowest BCUT2D eigenvalue weighted by Crippen LogP contribution is -2.05. The molecule has 1 fully saturated rings. The van der Waals surface area contributed by atoms with E-state index in [0.717, 1.165) is 12.5 Å². The van der Waals surface area contributed by atoms with E-state index in [1.165, 1.54) is 31.7 Å². The lowest BCUT2D eigenvalue weighted by Gasteiger charge is -2.15. The topological polar surface area (TPSA) is 20.2 Å². The molecular weight excluding hydrogens is 234 g/mol. The summed E-state index contributed by atoms with van der Waals surface area (Å²) in [6, 6.07) is 2.29. The molecule has 0 heterocycles. The zero-order chi connectivity index (χ0) is 13.1. The number of hydrogen-bond acceptors (Lipinski definition) is 1. The van der Waals surface area contributed by atoms with E-state index >= 15 is 0 Å². The van der Waals surface area contributed by atoms with Crippen molar-refractivity contribution in [1.82, 2.24) is 0 Å². The molecule has 3 heteroatoms. The fourth-order valence-electron chi connectivity index (χ4n) is 2.78. The molecule has 1 aliphatic rings. The largest absolute Gasteiger partial charge is 0.388 e. The third-order valence-corrected chi connectivity index (χ3v) is 3.96. The maximum atomic E-state index is 13.6. The van der Waals surface area contributed by atoms with Gasteiger partial charge in [-0.15, -0.1) is 0 Å². The van der Waals surface area contributed by atoms with Crippen LogP contribution in [-0.2, 0) is 0 Å². The van der Waals surface area contributed by atoms with Gasteiger partial charge in [-0.05, 0) is 37.3 Å². The predicted octanol–water partition coefficient (Wildman–Crippen LogP) is 4.28. The Hall–Kier alpha value is -0.960. The Morgan fingerprint density at radius 3 is 2.56 bits per heavy atom. The molecule has 2 rings (SSSR count). The molecule has 0 bridgehead atoms. The molecule has 1 aromatic rings. The second-order valence-corrected chi connectivity index (χ2v) is 5.37. The number of rotatable bonds is 4. The summed E-state index contributed by atoms with van der Waals surface area (Å²) >= 11 is 0. The van der Waals surface area contributed by atoms with Crippen LogP contribution < -0.4 is 0 Å². The molecule has 1 saturated carbocycles. The number of hydrogen-bond donors (Lipinski definition) is 1. The molecule has 0 amide bonds. The predicted molar refractivity (Wildman–Crippen MR) is 67.2 cm³/mol. The van der Waals surface area contributed by atoms with Crippen molar-refractivity contribution in [1.29, 1.82) is 0 Å². The molecule has 0 radical (unpaired) electrons. The highest BCUT2D eigenvalue weighted by Gasteiger charge is 2.19. The van der Waals surface area contributed by atoms with Crippen LogP contribution in [-0.4, -0.2) is 5.11 Å². The van der Waals surface area contributed by atoms with Crippen LogP contribution in [0.5, 0.6) is 0 Å². The van der Waals surface area contributed by atoms with E-state index in [1.54, 1.807) is 6.92 Å². The lowest BCUT2D eigenvalue weighted by molar-refractivity contribution is 0.152. The highest BCUT2D eigenvalue weighted by molar-refractivity contribution is 5.27. The molecule has 1 atom stereocenters. The third-order valence-electron chi connectivity index (χ3n) is 3.96. The van der Waals surface area contributed by atoms with Crippen LogP contribution in [0.1, 0.15) is 55.8 Å². The minimum Gasteiger partial charge on any atom is -0.388 e. The first-order valence-corrected chi connectivity index (χ1v) is 6.71. The molecule has 0 aromatic heterocycles. The number of aryl methyl sites for hydroxylation is 1. The summed E-state index contributed by atoms with van der Waals surface area (Å²) < 4.78 is 26.7. The first-order valence-electron chi connectivity index (χ1n) is 6.71. The van der Waals surface area contributed by atoms with E-state index in [4.69, 9.17) is 0 Å². The Kier molecular flexibility index (Phi) is 4.33. The normalized spacial score (nSPS) is 18.2. The minimum absolute atomic E-state index is 0.229. The number of aliphatic hydroxyl groups excluding tert-OH is 1. The maximum Gasteiger partial charge on any atom is 0.131 e. The molecule has 1 aliphatic carbocycles. The molecule has 0 spiro atoms. The van der Waals surface area contributed by atoms with Crippen molar-refractivity contribution in [3.05, 3.63) is 34.9 Å². The summed E-state index contributed by atoms with van der Waals surface area (Å²) in [4.78, 5) is 0. The van der Waals surface area contributed by atoms with Crippen molar-refractivity contribution in [2.24, 2.45) is 5.92 Å². The van der Waals surface area contributed by atoms with Crippen molar-refractivity contribution in [2.45, 2.75) is 51.6 Å². The van der Waals surface area contributed by atoms with E-state index in [-0.39, 0.29) is 5.56 Å². The standard InChI is InChI=1S/C15H20F2O/c1-10-8-12(14(17)9-13(10)16)15(18)7-6-11-4-2-3-5-11/h8-9,11,15,18H,2-7H2,1H3. The van der Waals surface area contributed by atoms with E-state index in [1.807, 2.05) is 0 Å². The van der Waals surface area contributed by atoms with Crippen LogP contribution in [0.4, 0.5) is 8.78 Å². The van der Waals surface area contributed by atoms with E-state index in [9.17, 15) is 13.9 Å². The van der Waals surface area contributed by atoms with Crippen LogP contribution in [0.2, 0.25) is 0 Å². The van der Waals surface area contributed by atoms with Crippen molar-refractivity contribution < 1.29 is 13.9 Å². The van der Waals surface area contributed by atoms with Gasteiger partial charge in [-0.25, -0.2) is 8.78 Å². The SMILES string of the molecule is Cc1cc(C(O)CCC2CCCC2)c(F)cc1F. The minimum atomic E-state index is -0.815. The molecule has 18 heavy (non-hydrogen) atoms. The van der Waals surface area contributed by atoms with Crippen LogP contribution >= 0.6 is 0 Å². The summed E-state index contributed by atoms with van der Waals surface area (Å²) in [5.41, 5.74) is 0.609. The molecule has 100 valence electrons. The van der Waals surface area contributed by atoms with E-state index in [2.05, 4.69) is 0 Å². The summed E-state index contributed by atoms with van der Waals surface area (Å²) in [6.45, 7) is 1.59. The van der Waals surface area contributed by atoms with Crippen LogP contribution in [0.15, 0.2) is 12.1 Å². The van der Waals surface area contributed by atoms with Crippen molar-refractivity contribution >= 4 is 0 Å². The average Bonchev–Trinajstić information content (AvgIpc) is 2.84. The van der Waals surface area contributed by atoms with Gasteiger partial charge in [0, 0.05) is 11.6 Å². The monoisotopic (exact) mass is 254 g/mol. The summed E-state index contributed by atoms with van der Waals surface area (Å²) in [5, 5.41) is 10.0. The van der Waals surface area contributed by atoms with Crippen molar-refractivity contribution in [3.63, 3.8) is 0 Å². The molecule has 0 saturated heterocycles. The maximum absolute atomic E-state index is 13.6. The van der Waals surface area contributed by atoms with Gasteiger partial charge in [0.2, 0.25) is 0 Å². The number of aliphatic hydroxyl groups is 1. The van der Waals surface area contributed by atoms with Gasteiger partial charge < -0.3 is 5.11 Å². The molecule has 1 N–H and O–H groups in total. The van der Waals surface area contributed by atoms with Gasteiger partial charge in [0.05, 0.1) is 6.10 Å². The van der Waals surface area contributed by atoms with Gasteiger partial charge in [-0.3, -0.25) is 0 Å². The molecule has 0 aliphatic heterocycles. The molecule has 1 nitrogen and oxygen atoms in total. The first-order chi connectivity index (χ1) is 8.58. The van der Waals surface area contributed by atoms with Gasteiger partial charge in [-0.2, -0.15) is 0 Å². The van der Waals surface area contributed by atoms with E-state index in [0.29, 0.717) is 17.9 Å². The van der Waals surface area contributed by atoms with Gasteiger partial charge in [-0.1, -0.05) is 25.7 Å². The quantitative estimate of drug-likeness (QED) is 0.850. The Bertz CT molecular complexity index is 411. The van der Waals surface area contributed by atoms with E-state index < -0.39 is 17.7 Å². The van der Waals surface area contributed by atoms with Gasteiger partial charge in [0.1, 0.15) is 11.6 Å². The van der Waals surface area contributed by atoms with Crippen LogP contribution in [0.25, 0.3) is 0 Å². The highest BCUT2D eigenvalue weighted by atomic mass is 19.1. The average molecular weight is 254 g/mol. The Morgan fingerprint density at radius 1 is 1.22 bits per heavy atom. The summed E-state index contributed by atoms with van der Waals surface area (Å²) in [7, 11) is 0. The smallest absolute Gasteiger partial charge is 0.131 e. The fourth-order valence-corrected chi connectivity index (χ4v) is 2.78. The van der Waals surface area contributed by atoms with Crippen molar-refractivity contribution in [2.75, 3.05) is 0 Å². The van der Waals surface area contributed by atoms with Crippen LogP contribution in [0.3, 0.4) is 0 Å². The van der Waals surface area contributed by atoms with Crippen molar-refractivity contribution in [3.8, 4) is 0 Å². The second kappa shape index (κ2) is 5.79. The molecular formula is C15H20F2O. The van der Waals surface area contributed by atoms with Gasteiger partial charge in [0.25, 0.3) is 0 Å². The Morgan fingerprint density at radius 2 is 1.89 bits per heavy atom. The highest BCUT2D eigenvalue weighted by Crippen LogP contribution is 2.32.